The number of allylic oxidation sites excluding steroid dienone is 4. The Morgan fingerprint density at radius 3 is 0.722 bits per heavy atom. The van der Waals surface area contributed by atoms with Crippen LogP contribution in [0.1, 0.15) is 77.9 Å². The maximum absolute atomic E-state index is 2.23. The van der Waals surface area contributed by atoms with Gasteiger partial charge in [-0.25, -0.2) is 0 Å². The van der Waals surface area contributed by atoms with Gasteiger partial charge in [-0.1, -0.05) is 352 Å². The molecule has 468 valence electrons. The van der Waals surface area contributed by atoms with Crippen molar-refractivity contribution < 1.29 is 0 Å². The first kappa shape index (κ1) is 63.4. The maximum Gasteiger partial charge on any atom is -0.00135 e. The van der Waals surface area contributed by atoms with E-state index in [1.807, 2.05) is 45.8 Å². The molecule has 7 aliphatic rings. The molecule has 0 aliphatic heterocycles. The summed E-state index contributed by atoms with van der Waals surface area (Å²) in [6.45, 7) is 0. The van der Waals surface area contributed by atoms with Crippen LogP contribution in [0, 0.1) is 0 Å². The summed E-state index contributed by atoms with van der Waals surface area (Å²) in [5.41, 5.74) is 28.7. The minimum atomic E-state index is 1.09. The smallest absolute Gasteiger partial charge is 0.00135 e. The van der Waals surface area contributed by atoms with Crippen molar-refractivity contribution in [1.82, 2.24) is 0 Å². The van der Waals surface area contributed by atoms with Crippen LogP contribution in [-0.4, -0.2) is 0 Å². The van der Waals surface area contributed by atoms with E-state index in [1.54, 1.807) is 22.7 Å². The van der Waals surface area contributed by atoms with E-state index in [0.29, 0.717) is 0 Å². The molecule has 0 N–H and O–H groups in total. The standard InChI is InChI=1S/6C13H10.C9H8.2C4H4S/c3*1-3-7-12-10(5-1)9-11-6-2-4-8-13(11)12;3*1-2-6-12-10(4-1)8-9-11-5-3-7-13(11)12;1-2-5-9-7-3-6-8(9)4-1;2*1-2-4-5-3-1/h3*1-8H,9H2;3*1-6,8-9H,7H2;1-6H,7H2;2*1-4H. The average molecular weight is 1280 g/mol. The van der Waals surface area contributed by atoms with E-state index in [0.717, 1.165) is 44.9 Å². The SMILES string of the molecule is C1=Cc2ccc3ccccc3c2C1.C1=Cc2ccc3ccccc3c2C1.C1=Cc2ccc3ccccc3c2C1.C1=Cc2ccccc2C1.c1ccc2c(c1)Cc1ccccc1-2.c1ccc2c(c1)Cc1ccccc1-2.c1ccc2c(c1)Cc1ccccc1-2.c1ccsc1.c1ccsc1. The quantitative estimate of drug-likeness (QED) is 0.142. The molecule has 2 aromatic heterocycles. The van der Waals surface area contributed by atoms with Crippen LogP contribution in [-0.2, 0) is 44.9 Å². The van der Waals surface area contributed by atoms with Crippen molar-refractivity contribution in [3.05, 3.63) is 427 Å². The molecule has 0 radical (unpaired) electrons. The second-order valence-corrected chi connectivity index (χ2v) is 26.4. The number of fused-ring (bicyclic) bond motifs is 19. The van der Waals surface area contributed by atoms with Gasteiger partial charge in [0.25, 0.3) is 0 Å². The van der Waals surface area contributed by atoms with Crippen LogP contribution < -0.4 is 0 Å². The van der Waals surface area contributed by atoms with Gasteiger partial charge in [0.15, 0.2) is 0 Å². The van der Waals surface area contributed by atoms with Crippen LogP contribution in [0.4, 0.5) is 0 Å². The molecule has 13 aromatic carbocycles. The zero-order valence-corrected chi connectivity index (χ0v) is 56.2. The van der Waals surface area contributed by atoms with Gasteiger partial charge in [-0.3, -0.25) is 0 Å². The van der Waals surface area contributed by atoms with Gasteiger partial charge >= 0.3 is 0 Å². The molecule has 0 bridgehead atoms. The molecule has 97 heavy (non-hydrogen) atoms. The lowest BCUT2D eigenvalue weighted by Crippen LogP contribution is -1.83. The van der Waals surface area contributed by atoms with E-state index in [4.69, 9.17) is 0 Å². The molecule has 0 atom stereocenters. The number of benzene rings is 13. The highest BCUT2D eigenvalue weighted by atomic mass is 32.1. The van der Waals surface area contributed by atoms with Crippen molar-refractivity contribution in [3.63, 3.8) is 0 Å². The Morgan fingerprint density at radius 2 is 0.433 bits per heavy atom. The molecule has 0 nitrogen and oxygen atoms in total. The van der Waals surface area contributed by atoms with E-state index in [2.05, 4.69) is 328 Å². The van der Waals surface area contributed by atoms with Crippen LogP contribution in [0.5, 0.6) is 0 Å². The average Bonchev–Trinajstić information content (AvgIpc) is 1.77. The summed E-state index contributed by atoms with van der Waals surface area (Å²) in [4.78, 5) is 0. The predicted molar refractivity (Wildman–Crippen MR) is 422 cm³/mol. The van der Waals surface area contributed by atoms with E-state index in [-0.39, 0.29) is 0 Å². The molecule has 0 amide bonds. The first-order valence-electron chi connectivity index (χ1n) is 33.9. The fourth-order valence-corrected chi connectivity index (χ4v) is 14.9. The Balaban J connectivity index is 0.0000000949. The van der Waals surface area contributed by atoms with Gasteiger partial charge in [0.05, 0.1) is 0 Å². The van der Waals surface area contributed by atoms with Gasteiger partial charge in [0.1, 0.15) is 0 Å². The molecule has 0 saturated heterocycles. The van der Waals surface area contributed by atoms with Gasteiger partial charge in [0, 0.05) is 0 Å². The minimum Gasteiger partial charge on any atom is -0.152 e. The zero-order valence-electron chi connectivity index (χ0n) is 54.6. The van der Waals surface area contributed by atoms with Crippen LogP contribution in [0.3, 0.4) is 0 Å². The molecule has 0 saturated carbocycles. The van der Waals surface area contributed by atoms with E-state index < -0.39 is 0 Å². The molecule has 2 heterocycles. The zero-order chi connectivity index (χ0) is 65.2. The highest BCUT2D eigenvalue weighted by Gasteiger charge is 2.19. The molecule has 0 spiro atoms. The third kappa shape index (κ3) is 15.2. The Morgan fingerprint density at radius 1 is 0.186 bits per heavy atom. The monoisotopic (exact) mass is 1280 g/mol. The molecule has 15 aromatic rings. The van der Waals surface area contributed by atoms with Crippen molar-refractivity contribution in [1.29, 1.82) is 0 Å². The van der Waals surface area contributed by atoms with E-state index in [1.165, 1.54) is 144 Å². The van der Waals surface area contributed by atoms with Crippen LogP contribution in [0.15, 0.2) is 349 Å². The number of rotatable bonds is 0. The van der Waals surface area contributed by atoms with Gasteiger partial charge < -0.3 is 0 Å². The second kappa shape index (κ2) is 31.5. The highest BCUT2D eigenvalue weighted by molar-refractivity contribution is 7.08. The lowest BCUT2D eigenvalue weighted by molar-refractivity contribution is 1.26. The molecular formula is C95H76S2. The first-order valence-corrected chi connectivity index (χ1v) is 35.7. The van der Waals surface area contributed by atoms with Crippen LogP contribution >= 0.6 is 22.7 Å². The number of thiophene rings is 2. The summed E-state index contributed by atoms with van der Waals surface area (Å²) in [5, 5.41) is 16.4. The van der Waals surface area contributed by atoms with Crippen molar-refractivity contribution in [2.75, 3.05) is 0 Å². The molecule has 22 rings (SSSR count). The van der Waals surface area contributed by atoms with E-state index in [9.17, 15) is 0 Å². The maximum atomic E-state index is 2.23. The minimum absolute atomic E-state index is 1.09. The second-order valence-electron chi connectivity index (χ2n) is 24.7. The Kier molecular flexibility index (Phi) is 20.6. The molecule has 0 fully saturated rings. The summed E-state index contributed by atoms with van der Waals surface area (Å²) < 4.78 is 0. The largest absolute Gasteiger partial charge is 0.152 e. The van der Waals surface area contributed by atoms with Crippen molar-refractivity contribution in [2.24, 2.45) is 0 Å². The van der Waals surface area contributed by atoms with Crippen molar-refractivity contribution >= 4 is 79.3 Å². The van der Waals surface area contributed by atoms with E-state index >= 15 is 0 Å². The summed E-state index contributed by atoms with van der Waals surface area (Å²) >= 11 is 3.43. The van der Waals surface area contributed by atoms with Gasteiger partial charge in [0.2, 0.25) is 0 Å². The Labute approximate surface area is 580 Å². The van der Waals surface area contributed by atoms with Gasteiger partial charge in [-0.15, -0.1) is 0 Å². The molecule has 0 unspecified atom stereocenters. The van der Waals surface area contributed by atoms with Crippen LogP contribution in [0.25, 0.3) is 90.0 Å². The molecular weight excluding hydrogens is 1210 g/mol. The normalized spacial score (nSPS) is 12.5. The molecule has 7 aliphatic carbocycles. The third-order valence-electron chi connectivity index (χ3n) is 18.7. The number of hydrogen-bond donors (Lipinski definition) is 0. The topological polar surface area (TPSA) is 0 Å². The summed E-state index contributed by atoms with van der Waals surface area (Å²) in [7, 11) is 0. The predicted octanol–water partition coefficient (Wildman–Crippen LogP) is 25.8. The summed E-state index contributed by atoms with van der Waals surface area (Å²) in [6, 6.07) is 107. The fourth-order valence-electron chi connectivity index (χ4n) is 14.0. The van der Waals surface area contributed by atoms with Crippen LogP contribution in [0.2, 0.25) is 0 Å². The Hall–Kier alpha value is -11.0. The Bertz CT molecular complexity index is 4630. The fraction of sp³-hybridized carbons (Fsp3) is 0.0737. The number of hydrogen-bond acceptors (Lipinski definition) is 2. The van der Waals surface area contributed by atoms with Gasteiger partial charge in [-0.05, 0) is 210 Å². The van der Waals surface area contributed by atoms with Crippen molar-refractivity contribution in [3.8, 4) is 33.4 Å². The summed E-state index contributed by atoms with van der Waals surface area (Å²) in [5.74, 6) is 0. The lowest BCUT2D eigenvalue weighted by Gasteiger charge is -2.03. The molecule has 2 heteroatoms. The third-order valence-corrected chi connectivity index (χ3v) is 20.0. The first-order chi connectivity index (χ1) is 48.2. The van der Waals surface area contributed by atoms with Crippen molar-refractivity contribution in [2.45, 2.75) is 44.9 Å². The van der Waals surface area contributed by atoms with Gasteiger partial charge in [-0.2, -0.15) is 22.7 Å². The highest BCUT2D eigenvalue weighted by Crippen LogP contribution is 2.39. The summed E-state index contributed by atoms with van der Waals surface area (Å²) in [6.07, 6.45) is 25.4. The lowest BCUT2D eigenvalue weighted by atomic mass is 10.0.